The highest BCUT2D eigenvalue weighted by Crippen LogP contribution is 1.58. The van der Waals surface area contributed by atoms with Crippen LogP contribution in [-0.2, 0) is 0 Å². The third-order valence-electron chi connectivity index (χ3n) is 0.285. The van der Waals surface area contributed by atoms with Gasteiger partial charge in [-0.3, -0.25) is 9.59 Å². The van der Waals surface area contributed by atoms with Crippen LogP contribution in [0.25, 0.3) is 0 Å². The van der Waals surface area contributed by atoms with Crippen molar-refractivity contribution < 1.29 is 9.59 Å². The maximum absolute atomic E-state index is 9.68. The molecule has 37 valence electrons. The van der Waals surface area contributed by atoms with Gasteiger partial charge in [0, 0.05) is 0 Å². The van der Waals surface area contributed by atoms with Gasteiger partial charge in [-0.1, -0.05) is 0 Å². The second kappa shape index (κ2) is 2.23. The van der Waals surface area contributed by atoms with Gasteiger partial charge in [-0.15, -0.1) is 0 Å². The van der Waals surface area contributed by atoms with Crippen molar-refractivity contribution in [1.82, 2.24) is 0 Å². The van der Waals surface area contributed by atoms with Crippen molar-refractivity contribution in [1.29, 1.82) is 0 Å². The SMILES string of the molecule is NC(=O)[B]C(N)=O. The van der Waals surface area contributed by atoms with Crippen LogP contribution in [0.3, 0.4) is 0 Å². The van der Waals surface area contributed by atoms with Crippen LogP contribution in [0, 0.1) is 0 Å². The highest BCUT2D eigenvalue weighted by molar-refractivity contribution is 6.96. The van der Waals surface area contributed by atoms with Crippen LogP contribution >= 0.6 is 0 Å². The Morgan fingerprint density at radius 2 is 1.43 bits per heavy atom. The first-order valence-electron chi connectivity index (χ1n) is 1.56. The predicted octanol–water partition coefficient (Wildman–Crippen LogP) is -1.15. The number of amides is 2. The fraction of sp³-hybridized carbons (Fsp3) is 0. The van der Waals surface area contributed by atoms with E-state index in [0.717, 1.165) is 0 Å². The second-order valence-corrected chi connectivity index (χ2v) is 0.949. The first-order chi connectivity index (χ1) is 3.13. The molecular formula is C2H4BN2O2. The molecule has 0 saturated carbocycles. The van der Waals surface area contributed by atoms with Gasteiger partial charge in [0.05, 0.1) is 0 Å². The molecule has 0 bridgehead atoms. The van der Waals surface area contributed by atoms with Crippen molar-refractivity contribution in [2.75, 3.05) is 0 Å². The number of nitrogens with two attached hydrogens (primary N) is 2. The molecule has 0 aromatic carbocycles. The summed E-state index contributed by atoms with van der Waals surface area (Å²) in [5.74, 6) is -1.62. The molecule has 2 amide bonds. The molecule has 0 aromatic rings. The van der Waals surface area contributed by atoms with Crippen molar-refractivity contribution in [2.24, 2.45) is 11.5 Å². The zero-order chi connectivity index (χ0) is 5.86. The number of carbonyl (C=O) groups excluding carboxylic acids is 2. The molecule has 4 nitrogen and oxygen atoms in total. The number of primary amides is 2. The Balaban J connectivity index is 3.32. The fourth-order valence-corrected chi connectivity index (χ4v) is 0.140. The molecule has 1 radical (unpaired) electrons. The summed E-state index contributed by atoms with van der Waals surface area (Å²) in [7, 11) is 0.611. The average molecular weight is 98.9 g/mol. The molecule has 4 N–H and O–H groups in total. The number of hydrogen-bond donors (Lipinski definition) is 2. The van der Waals surface area contributed by atoms with Crippen molar-refractivity contribution in [3.63, 3.8) is 0 Å². The third kappa shape index (κ3) is 5.00. The summed E-state index contributed by atoms with van der Waals surface area (Å²) >= 11 is 0. The van der Waals surface area contributed by atoms with Gasteiger partial charge in [0.25, 0.3) is 0 Å². The molecule has 7 heavy (non-hydrogen) atoms. The summed E-state index contributed by atoms with van der Waals surface area (Å²) in [5, 5.41) is 0. The van der Waals surface area contributed by atoms with Crippen molar-refractivity contribution in [2.45, 2.75) is 0 Å². The van der Waals surface area contributed by atoms with Gasteiger partial charge in [-0.25, -0.2) is 0 Å². The average Bonchev–Trinajstić information content (AvgIpc) is 1.27. The van der Waals surface area contributed by atoms with E-state index in [1.54, 1.807) is 0 Å². The zero-order valence-corrected chi connectivity index (χ0v) is 3.55. The maximum atomic E-state index is 9.68. The van der Waals surface area contributed by atoms with Gasteiger partial charge < -0.3 is 11.5 Å². The van der Waals surface area contributed by atoms with Gasteiger partial charge in [-0.2, -0.15) is 0 Å². The summed E-state index contributed by atoms with van der Waals surface area (Å²) in [6.45, 7) is 0. The molecule has 5 heteroatoms. The van der Waals surface area contributed by atoms with Crippen LogP contribution in [0.1, 0.15) is 0 Å². The van der Waals surface area contributed by atoms with E-state index in [1.807, 2.05) is 0 Å². The van der Waals surface area contributed by atoms with E-state index >= 15 is 0 Å². The standard InChI is InChI=1S/C2H4BN2O2/c4-1(6)3-2(5)7/h(H2,4,6)(H2,5,7). The number of carbonyl (C=O) groups is 2. The molecule has 0 heterocycles. The normalized spacial score (nSPS) is 7.43. The Hall–Kier alpha value is -0.995. The first kappa shape index (κ1) is 6.00. The predicted molar refractivity (Wildman–Crippen MR) is 24.9 cm³/mol. The summed E-state index contributed by atoms with van der Waals surface area (Å²) in [5.41, 5.74) is 9.00. The van der Waals surface area contributed by atoms with Crippen LogP contribution in [-0.4, -0.2) is 18.9 Å². The zero-order valence-electron chi connectivity index (χ0n) is 3.55. The van der Waals surface area contributed by atoms with Crippen LogP contribution in [0.2, 0.25) is 0 Å². The molecule has 0 fully saturated rings. The summed E-state index contributed by atoms with van der Waals surface area (Å²) in [4.78, 5) is 19.4. The molecule has 0 rings (SSSR count). The molecule has 0 unspecified atom stereocenters. The fourth-order valence-electron chi connectivity index (χ4n) is 0.140. The van der Waals surface area contributed by atoms with Gasteiger partial charge in [0.1, 0.15) is 0 Å². The van der Waals surface area contributed by atoms with E-state index in [4.69, 9.17) is 0 Å². The smallest absolute Gasteiger partial charge is 0.349 e. The van der Waals surface area contributed by atoms with Crippen LogP contribution in [0.15, 0.2) is 0 Å². The number of rotatable bonds is 2. The van der Waals surface area contributed by atoms with Gasteiger partial charge in [-0.05, 0) is 0 Å². The Bertz CT molecular complexity index is 89.9. The summed E-state index contributed by atoms with van der Waals surface area (Å²) < 4.78 is 0. The summed E-state index contributed by atoms with van der Waals surface area (Å²) in [6.07, 6.45) is 0. The lowest BCUT2D eigenvalue weighted by Gasteiger charge is -1.79. The first-order valence-corrected chi connectivity index (χ1v) is 1.56. The second-order valence-electron chi connectivity index (χ2n) is 0.949. The van der Waals surface area contributed by atoms with E-state index in [-0.39, 0.29) is 0 Å². The van der Waals surface area contributed by atoms with Gasteiger partial charge in [0.2, 0.25) is 0 Å². The van der Waals surface area contributed by atoms with Crippen LogP contribution in [0.5, 0.6) is 0 Å². The van der Waals surface area contributed by atoms with E-state index in [0.29, 0.717) is 7.28 Å². The largest absolute Gasteiger partial charge is 0.378 e. The highest BCUT2D eigenvalue weighted by Gasteiger charge is 2.02. The van der Waals surface area contributed by atoms with Crippen molar-refractivity contribution in [3.8, 4) is 0 Å². The maximum Gasteiger partial charge on any atom is 0.349 e. The number of hydrogen-bond acceptors (Lipinski definition) is 2. The minimum atomic E-state index is -0.812. The minimum absolute atomic E-state index is 0.611. The van der Waals surface area contributed by atoms with E-state index in [1.165, 1.54) is 0 Å². The Morgan fingerprint density at radius 1 is 1.14 bits per heavy atom. The van der Waals surface area contributed by atoms with Gasteiger partial charge in [0.15, 0.2) is 11.6 Å². The highest BCUT2D eigenvalue weighted by atomic mass is 16.2. The monoisotopic (exact) mass is 99.0 g/mol. The molecule has 0 saturated heterocycles. The minimum Gasteiger partial charge on any atom is -0.378 e. The molecule has 0 aromatic heterocycles. The van der Waals surface area contributed by atoms with Crippen LogP contribution in [0.4, 0.5) is 9.59 Å². The Morgan fingerprint density at radius 3 is 1.43 bits per heavy atom. The Kier molecular flexibility index (Phi) is 1.91. The van der Waals surface area contributed by atoms with Crippen molar-refractivity contribution >= 4 is 18.9 Å². The van der Waals surface area contributed by atoms with Crippen LogP contribution < -0.4 is 11.5 Å². The van der Waals surface area contributed by atoms with E-state index in [2.05, 4.69) is 11.5 Å². The lowest BCUT2D eigenvalue weighted by Crippen LogP contribution is -2.29. The molecule has 0 atom stereocenters. The van der Waals surface area contributed by atoms with E-state index in [9.17, 15) is 9.59 Å². The van der Waals surface area contributed by atoms with Crippen molar-refractivity contribution in [3.05, 3.63) is 0 Å². The lowest BCUT2D eigenvalue weighted by atomic mass is 9.77. The molecule has 0 aliphatic rings. The molecule has 0 aliphatic heterocycles. The molecular weight excluding hydrogens is 94.8 g/mol. The topological polar surface area (TPSA) is 86.2 Å². The lowest BCUT2D eigenvalue weighted by molar-refractivity contribution is 0.261. The molecule has 0 spiro atoms. The van der Waals surface area contributed by atoms with Gasteiger partial charge >= 0.3 is 7.28 Å². The van der Waals surface area contributed by atoms with E-state index < -0.39 is 11.6 Å². The summed E-state index contributed by atoms with van der Waals surface area (Å²) in [6, 6.07) is 0. The molecule has 0 aliphatic carbocycles. The quantitative estimate of drug-likeness (QED) is 0.428. The Labute approximate surface area is 41.1 Å². The third-order valence-corrected chi connectivity index (χ3v) is 0.285.